The standard InChI is InChI=1S/C8HF17O/c9-1(10,4(15,16)7(20,21)22)2(11,12)6(19,26)3(13,14)5(17,18)8(23,24)25/h26H. The van der Waals surface area contributed by atoms with Gasteiger partial charge >= 0.3 is 47.8 Å². The Labute approximate surface area is 129 Å². The monoisotopic (exact) mass is 436 g/mol. The predicted molar refractivity (Wildman–Crippen MR) is 42.9 cm³/mol. The molecule has 0 aromatic heterocycles. The number of hydrogen-bond donors (Lipinski definition) is 1. The van der Waals surface area contributed by atoms with Crippen LogP contribution in [0.4, 0.5) is 74.6 Å². The lowest BCUT2D eigenvalue weighted by Gasteiger charge is -2.42. The first kappa shape index (κ1) is 24.8. The number of aliphatic hydroxyl groups is 1. The zero-order valence-corrected chi connectivity index (χ0v) is 10.9. The van der Waals surface area contributed by atoms with Crippen LogP contribution in [-0.2, 0) is 0 Å². The minimum atomic E-state index is -8.50. The van der Waals surface area contributed by atoms with Gasteiger partial charge in [-0.25, -0.2) is 0 Å². The van der Waals surface area contributed by atoms with E-state index in [-0.39, 0.29) is 0 Å². The topological polar surface area (TPSA) is 20.2 Å². The van der Waals surface area contributed by atoms with E-state index in [0.717, 1.165) is 0 Å². The van der Waals surface area contributed by atoms with Gasteiger partial charge in [-0.1, -0.05) is 0 Å². The van der Waals surface area contributed by atoms with Crippen molar-refractivity contribution in [1.82, 2.24) is 0 Å². The van der Waals surface area contributed by atoms with Crippen molar-refractivity contribution in [1.29, 1.82) is 0 Å². The van der Waals surface area contributed by atoms with Gasteiger partial charge in [0.05, 0.1) is 0 Å². The summed E-state index contributed by atoms with van der Waals surface area (Å²) in [4.78, 5) is 0. The lowest BCUT2D eigenvalue weighted by molar-refractivity contribution is -0.482. The number of alkyl halides is 17. The van der Waals surface area contributed by atoms with Gasteiger partial charge in [-0.3, -0.25) is 0 Å². The lowest BCUT2D eigenvalue weighted by atomic mass is 9.90. The SMILES string of the molecule is OC(F)(C(F)(F)C(F)(F)C(F)(F)F)C(F)(F)C(F)(F)C(F)(F)C(F)(F)F. The summed E-state index contributed by atoms with van der Waals surface area (Å²) in [6, 6.07) is 0. The molecule has 0 aliphatic carbocycles. The first-order chi connectivity index (χ1) is 10.8. The van der Waals surface area contributed by atoms with Gasteiger partial charge in [0, 0.05) is 0 Å². The fourth-order valence-corrected chi connectivity index (χ4v) is 1.17. The Morgan fingerprint density at radius 1 is 0.308 bits per heavy atom. The molecular weight excluding hydrogens is 435 g/mol. The summed E-state index contributed by atoms with van der Waals surface area (Å²) in [6.07, 6.45) is -15.5. The molecule has 1 atom stereocenters. The smallest absolute Gasteiger partial charge is 0.352 e. The molecule has 0 aliphatic rings. The third-order valence-corrected chi connectivity index (χ3v) is 2.73. The highest BCUT2D eigenvalue weighted by molar-refractivity contribution is 5.13. The van der Waals surface area contributed by atoms with Crippen LogP contribution < -0.4 is 0 Å². The van der Waals surface area contributed by atoms with Crippen LogP contribution in [-0.4, -0.2) is 52.9 Å². The first-order valence-electron chi connectivity index (χ1n) is 5.19. The molecule has 158 valence electrons. The summed E-state index contributed by atoms with van der Waals surface area (Å²) < 4.78 is 209. The Bertz CT molecular complexity index is 474. The van der Waals surface area contributed by atoms with Crippen molar-refractivity contribution >= 4 is 0 Å². The van der Waals surface area contributed by atoms with Gasteiger partial charge in [0.2, 0.25) is 0 Å². The molecule has 0 amide bonds. The molecule has 0 aliphatic heterocycles. The van der Waals surface area contributed by atoms with Crippen LogP contribution in [0.25, 0.3) is 0 Å². The average molecular weight is 436 g/mol. The molecule has 1 nitrogen and oxygen atoms in total. The second-order valence-corrected chi connectivity index (χ2v) is 4.49. The van der Waals surface area contributed by atoms with Crippen LogP contribution in [0, 0.1) is 0 Å². The highest BCUT2D eigenvalue weighted by atomic mass is 19.4. The van der Waals surface area contributed by atoms with Crippen LogP contribution in [0.1, 0.15) is 0 Å². The van der Waals surface area contributed by atoms with Gasteiger partial charge in [0.15, 0.2) is 0 Å². The van der Waals surface area contributed by atoms with E-state index in [9.17, 15) is 74.6 Å². The van der Waals surface area contributed by atoms with E-state index in [0.29, 0.717) is 0 Å². The van der Waals surface area contributed by atoms with E-state index in [2.05, 4.69) is 0 Å². The van der Waals surface area contributed by atoms with E-state index in [4.69, 9.17) is 5.11 Å². The van der Waals surface area contributed by atoms with Crippen molar-refractivity contribution in [2.75, 3.05) is 0 Å². The van der Waals surface area contributed by atoms with E-state index >= 15 is 0 Å². The van der Waals surface area contributed by atoms with Gasteiger partial charge in [0.25, 0.3) is 0 Å². The molecule has 1 unspecified atom stereocenters. The van der Waals surface area contributed by atoms with Crippen molar-refractivity contribution in [3.8, 4) is 0 Å². The third-order valence-electron chi connectivity index (χ3n) is 2.73. The molecule has 1 N–H and O–H groups in total. The molecule has 0 aromatic carbocycles. The Hall–Kier alpha value is -1.23. The summed E-state index contributed by atoms with van der Waals surface area (Å²) in [5, 5.41) is 7.91. The molecule has 0 rings (SSSR count). The van der Waals surface area contributed by atoms with Crippen LogP contribution in [0.15, 0.2) is 0 Å². The number of hydrogen-bond acceptors (Lipinski definition) is 1. The maximum absolute atomic E-state index is 13.0. The van der Waals surface area contributed by atoms with Gasteiger partial charge < -0.3 is 5.11 Å². The molecule has 0 heterocycles. The van der Waals surface area contributed by atoms with Crippen LogP contribution in [0.2, 0.25) is 0 Å². The van der Waals surface area contributed by atoms with E-state index < -0.39 is 47.8 Å². The van der Waals surface area contributed by atoms with Crippen LogP contribution >= 0.6 is 0 Å². The summed E-state index contributed by atoms with van der Waals surface area (Å²) in [5.41, 5.74) is 0. The molecule has 26 heavy (non-hydrogen) atoms. The maximum Gasteiger partial charge on any atom is 0.460 e. The zero-order chi connectivity index (χ0) is 22.0. The Morgan fingerprint density at radius 2 is 0.500 bits per heavy atom. The Morgan fingerprint density at radius 3 is 0.731 bits per heavy atom. The van der Waals surface area contributed by atoms with Crippen molar-refractivity contribution < 1.29 is 79.7 Å². The summed E-state index contributed by atoms with van der Waals surface area (Å²) >= 11 is 0. The highest BCUT2D eigenvalue weighted by Crippen LogP contribution is 2.62. The molecule has 0 saturated carbocycles. The molecular formula is C8HF17O. The summed E-state index contributed by atoms with van der Waals surface area (Å²) in [5.74, 6) is -49.8. The van der Waals surface area contributed by atoms with E-state index in [1.165, 1.54) is 0 Å². The molecule has 18 heteroatoms. The van der Waals surface area contributed by atoms with Crippen molar-refractivity contribution in [3.63, 3.8) is 0 Å². The minimum Gasteiger partial charge on any atom is -0.352 e. The quantitative estimate of drug-likeness (QED) is 0.606. The van der Waals surface area contributed by atoms with Gasteiger partial charge in [0.1, 0.15) is 0 Å². The van der Waals surface area contributed by atoms with Crippen molar-refractivity contribution in [2.24, 2.45) is 0 Å². The summed E-state index contributed by atoms with van der Waals surface area (Å²) in [6.45, 7) is 0. The highest BCUT2D eigenvalue weighted by Gasteiger charge is 2.94. The van der Waals surface area contributed by atoms with Crippen LogP contribution in [0.5, 0.6) is 0 Å². The Kier molecular flexibility index (Phi) is 5.37. The molecule has 0 saturated heterocycles. The van der Waals surface area contributed by atoms with Gasteiger partial charge in [-0.05, 0) is 0 Å². The minimum absolute atomic E-state index is 7.73. The molecule has 0 aromatic rings. The number of halogens is 17. The van der Waals surface area contributed by atoms with Gasteiger partial charge in [-0.15, -0.1) is 0 Å². The first-order valence-corrected chi connectivity index (χ1v) is 5.19. The lowest BCUT2D eigenvalue weighted by Crippen LogP contribution is -2.75. The van der Waals surface area contributed by atoms with Crippen molar-refractivity contribution in [3.05, 3.63) is 0 Å². The molecule has 0 bridgehead atoms. The number of rotatable bonds is 5. The second-order valence-electron chi connectivity index (χ2n) is 4.49. The zero-order valence-electron chi connectivity index (χ0n) is 10.9. The molecule has 0 spiro atoms. The van der Waals surface area contributed by atoms with Gasteiger partial charge in [-0.2, -0.15) is 74.6 Å². The molecule has 0 radical (unpaired) electrons. The van der Waals surface area contributed by atoms with E-state index in [1.54, 1.807) is 0 Å². The second kappa shape index (κ2) is 5.63. The average Bonchev–Trinajstić information content (AvgIpc) is 2.34. The third kappa shape index (κ3) is 2.83. The fraction of sp³-hybridized carbons (Fsp3) is 1.00. The van der Waals surface area contributed by atoms with E-state index in [1.807, 2.05) is 0 Å². The van der Waals surface area contributed by atoms with Crippen LogP contribution in [0.3, 0.4) is 0 Å². The summed E-state index contributed by atoms with van der Waals surface area (Å²) in [7, 11) is 0. The van der Waals surface area contributed by atoms with Crippen molar-refractivity contribution in [2.45, 2.75) is 47.8 Å². The predicted octanol–water partition coefficient (Wildman–Crippen LogP) is 4.95. The maximum atomic E-state index is 13.0. The largest absolute Gasteiger partial charge is 0.460 e. The normalized spacial score (nSPS) is 18.7. The Balaban J connectivity index is 6.61. The molecule has 0 fully saturated rings. The fourth-order valence-electron chi connectivity index (χ4n) is 1.17.